The van der Waals surface area contributed by atoms with Crippen LogP contribution in [0.2, 0.25) is 0 Å². The number of thiophene rings is 1. The summed E-state index contributed by atoms with van der Waals surface area (Å²) in [5.41, 5.74) is 7.65. The molecule has 20 heavy (non-hydrogen) atoms. The summed E-state index contributed by atoms with van der Waals surface area (Å²) in [5, 5.41) is 4.36. The lowest BCUT2D eigenvalue weighted by Crippen LogP contribution is -2.40. The van der Waals surface area contributed by atoms with Gasteiger partial charge in [-0.1, -0.05) is 0 Å². The molecule has 4 heteroatoms. The SMILES string of the molecule is Cc1ccc(C(C(C)N)N(Cc2ccsc2)C2CC2)o1. The van der Waals surface area contributed by atoms with E-state index in [2.05, 4.69) is 34.7 Å². The minimum Gasteiger partial charge on any atom is -0.465 e. The van der Waals surface area contributed by atoms with Gasteiger partial charge in [-0.2, -0.15) is 11.3 Å². The Morgan fingerprint density at radius 1 is 1.40 bits per heavy atom. The van der Waals surface area contributed by atoms with Crippen LogP contribution in [0.1, 0.15) is 42.9 Å². The Morgan fingerprint density at radius 2 is 2.20 bits per heavy atom. The smallest absolute Gasteiger partial charge is 0.122 e. The van der Waals surface area contributed by atoms with Gasteiger partial charge in [-0.3, -0.25) is 4.90 Å². The second-order valence-corrected chi connectivity index (χ2v) is 6.57. The highest BCUT2D eigenvalue weighted by Crippen LogP contribution is 2.37. The molecule has 3 rings (SSSR count). The number of hydrogen-bond donors (Lipinski definition) is 1. The number of aryl methyl sites for hydroxylation is 1. The maximum atomic E-state index is 6.27. The third-order valence-electron chi connectivity index (χ3n) is 3.87. The Bertz CT molecular complexity index is 543. The molecule has 108 valence electrons. The summed E-state index contributed by atoms with van der Waals surface area (Å²) in [5.74, 6) is 1.96. The van der Waals surface area contributed by atoms with Crippen LogP contribution in [0, 0.1) is 6.92 Å². The molecule has 2 atom stereocenters. The van der Waals surface area contributed by atoms with Crippen LogP contribution < -0.4 is 5.73 Å². The zero-order valence-corrected chi connectivity index (χ0v) is 12.9. The van der Waals surface area contributed by atoms with E-state index in [4.69, 9.17) is 10.2 Å². The Morgan fingerprint density at radius 3 is 2.70 bits per heavy atom. The topological polar surface area (TPSA) is 42.4 Å². The second kappa shape index (κ2) is 5.72. The molecule has 2 aromatic heterocycles. The molecule has 0 spiro atoms. The predicted molar refractivity (Wildman–Crippen MR) is 82.7 cm³/mol. The first kappa shape index (κ1) is 13.9. The quantitative estimate of drug-likeness (QED) is 0.882. The molecule has 0 aliphatic heterocycles. The summed E-state index contributed by atoms with van der Waals surface area (Å²) in [7, 11) is 0. The number of nitrogens with zero attached hydrogens (tertiary/aromatic N) is 1. The van der Waals surface area contributed by atoms with Crippen molar-refractivity contribution in [3.63, 3.8) is 0 Å². The van der Waals surface area contributed by atoms with Gasteiger partial charge in [0.25, 0.3) is 0 Å². The molecule has 2 heterocycles. The van der Waals surface area contributed by atoms with E-state index in [1.165, 1.54) is 18.4 Å². The summed E-state index contributed by atoms with van der Waals surface area (Å²) in [4.78, 5) is 2.52. The van der Waals surface area contributed by atoms with Crippen molar-refractivity contribution in [2.75, 3.05) is 0 Å². The average Bonchev–Trinajstić information content (AvgIpc) is 2.96. The molecule has 0 radical (unpaired) electrons. The van der Waals surface area contributed by atoms with Crippen LogP contribution in [0.5, 0.6) is 0 Å². The lowest BCUT2D eigenvalue weighted by atomic mass is 10.0. The number of nitrogens with two attached hydrogens (primary N) is 1. The maximum absolute atomic E-state index is 6.27. The molecule has 1 fully saturated rings. The fourth-order valence-corrected chi connectivity index (χ4v) is 3.45. The number of furan rings is 1. The Hall–Kier alpha value is -1.10. The first-order chi connectivity index (χ1) is 9.65. The molecule has 0 saturated heterocycles. The molecular formula is C16H22N2OS. The van der Waals surface area contributed by atoms with E-state index in [1.807, 2.05) is 13.0 Å². The molecule has 1 aliphatic carbocycles. The Labute approximate surface area is 124 Å². The highest BCUT2D eigenvalue weighted by molar-refractivity contribution is 7.07. The first-order valence-electron chi connectivity index (χ1n) is 7.24. The van der Waals surface area contributed by atoms with Crippen molar-refractivity contribution in [1.82, 2.24) is 4.90 Å². The van der Waals surface area contributed by atoms with E-state index in [1.54, 1.807) is 11.3 Å². The van der Waals surface area contributed by atoms with Crippen LogP contribution in [0.4, 0.5) is 0 Å². The summed E-state index contributed by atoms with van der Waals surface area (Å²) >= 11 is 1.75. The van der Waals surface area contributed by atoms with Crippen molar-refractivity contribution in [1.29, 1.82) is 0 Å². The summed E-state index contributed by atoms with van der Waals surface area (Å²) < 4.78 is 5.87. The molecular weight excluding hydrogens is 268 g/mol. The normalized spacial score (nSPS) is 18.4. The predicted octanol–water partition coefficient (Wildman–Crippen LogP) is 3.70. The maximum Gasteiger partial charge on any atom is 0.122 e. The van der Waals surface area contributed by atoms with Gasteiger partial charge in [0.1, 0.15) is 11.5 Å². The Kier molecular flexibility index (Phi) is 3.96. The summed E-state index contributed by atoms with van der Waals surface area (Å²) in [6.07, 6.45) is 2.54. The van der Waals surface area contributed by atoms with E-state index in [-0.39, 0.29) is 12.1 Å². The van der Waals surface area contributed by atoms with E-state index < -0.39 is 0 Å². The van der Waals surface area contributed by atoms with Crippen LogP contribution in [-0.2, 0) is 6.54 Å². The minimum absolute atomic E-state index is 0.0554. The van der Waals surface area contributed by atoms with Crippen molar-refractivity contribution in [2.45, 2.75) is 51.4 Å². The molecule has 1 saturated carbocycles. The van der Waals surface area contributed by atoms with Crippen LogP contribution in [0.3, 0.4) is 0 Å². The minimum atomic E-state index is 0.0554. The summed E-state index contributed by atoms with van der Waals surface area (Å²) in [6, 6.07) is 7.17. The highest BCUT2D eigenvalue weighted by atomic mass is 32.1. The van der Waals surface area contributed by atoms with Crippen molar-refractivity contribution in [3.8, 4) is 0 Å². The third kappa shape index (κ3) is 2.97. The van der Waals surface area contributed by atoms with Gasteiger partial charge >= 0.3 is 0 Å². The molecule has 0 amide bonds. The van der Waals surface area contributed by atoms with Crippen molar-refractivity contribution >= 4 is 11.3 Å². The van der Waals surface area contributed by atoms with Gasteiger partial charge in [-0.15, -0.1) is 0 Å². The molecule has 0 aromatic carbocycles. The van der Waals surface area contributed by atoms with Gasteiger partial charge in [-0.25, -0.2) is 0 Å². The van der Waals surface area contributed by atoms with E-state index in [0.29, 0.717) is 6.04 Å². The van der Waals surface area contributed by atoms with Gasteiger partial charge < -0.3 is 10.2 Å². The van der Waals surface area contributed by atoms with E-state index in [0.717, 1.165) is 18.1 Å². The molecule has 3 nitrogen and oxygen atoms in total. The van der Waals surface area contributed by atoms with Gasteiger partial charge in [0.05, 0.1) is 6.04 Å². The Balaban J connectivity index is 1.86. The van der Waals surface area contributed by atoms with Gasteiger partial charge in [0, 0.05) is 18.6 Å². The largest absolute Gasteiger partial charge is 0.465 e. The number of rotatable bonds is 6. The van der Waals surface area contributed by atoms with Gasteiger partial charge in [-0.05, 0) is 61.2 Å². The van der Waals surface area contributed by atoms with E-state index in [9.17, 15) is 0 Å². The van der Waals surface area contributed by atoms with Crippen molar-refractivity contribution in [2.24, 2.45) is 5.73 Å². The van der Waals surface area contributed by atoms with Crippen LogP contribution in [0.25, 0.3) is 0 Å². The van der Waals surface area contributed by atoms with Crippen LogP contribution >= 0.6 is 11.3 Å². The zero-order chi connectivity index (χ0) is 14.1. The standard InChI is InChI=1S/C16H22N2OS/c1-11-3-6-15(19-11)16(12(2)17)18(14-4-5-14)9-13-7-8-20-10-13/h3,6-8,10,12,14,16H,4-5,9,17H2,1-2H3. The molecule has 2 N–H and O–H groups in total. The molecule has 0 bridgehead atoms. The van der Waals surface area contributed by atoms with Crippen molar-refractivity contribution < 1.29 is 4.42 Å². The van der Waals surface area contributed by atoms with Gasteiger partial charge in [0.2, 0.25) is 0 Å². The first-order valence-corrected chi connectivity index (χ1v) is 8.18. The van der Waals surface area contributed by atoms with Crippen LogP contribution in [0.15, 0.2) is 33.4 Å². The molecule has 1 aliphatic rings. The molecule has 2 aromatic rings. The fourth-order valence-electron chi connectivity index (χ4n) is 2.79. The lowest BCUT2D eigenvalue weighted by Gasteiger charge is -2.33. The van der Waals surface area contributed by atoms with Crippen LogP contribution in [-0.4, -0.2) is 17.0 Å². The number of hydrogen-bond acceptors (Lipinski definition) is 4. The third-order valence-corrected chi connectivity index (χ3v) is 4.60. The second-order valence-electron chi connectivity index (χ2n) is 5.79. The summed E-state index contributed by atoms with van der Waals surface area (Å²) in [6.45, 7) is 5.02. The monoisotopic (exact) mass is 290 g/mol. The fraction of sp³-hybridized carbons (Fsp3) is 0.500. The highest BCUT2D eigenvalue weighted by Gasteiger charge is 2.37. The van der Waals surface area contributed by atoms with Crippen molar-refractivity contribution in [3.05, 3.63) is 46.0 Å². The zero-order valence-electron chi connectivity index (χ0n) is 12.1. The average molecular weight is 290 g/mol. The lowest BCUT2D eigenvalue weighted by molar-refractivity contribution is 0.136. The molecule has 2 unspecified atom stereocenters. The van der Waals surface area contributed by atoms with Gasteiger partial charge in [0.15, 0.2) is 0 Å². The van der Waals surface area contributed by atoms with E-state index >= 15 is 0 Å².